The van der Waals surface area contributed by atoms with Crippen molar-refractivity contribution < 1.29 is 14.3 Å². The number of esters is 1. The van der Waals surface area contributed by atoms with Crippen molar-refractivity contribution in [2.75, 3.05) is 20.2 Å². The first kappa shape index (κ1) is 17.5. The largest absolute Gasteiger partial charge is 0.467 e. The van der Waals surface area contributed by atoms with Gasteiger partial charge in [0.1, 0.15) is 11.7 Å². The first-order chi connectivity index (χ1) is 9.61. The number of rotatable bonds is 4. The average molecular weight is 317 g/mol. The quantitative estimate of drug-likeness (QED) is 0.791. The third kappa shape index (κ3) is 4.44. The standard InChI is InChI=1S/C13H20N4O3.ClH/c1-9(13(19)20-2)15-12(18)11-5-7-17(16-11)10-4-3-6-14-8-10;/h5,7,9-10,14H,3-4,6,8H2,1-2H3,(H,15,18);1H/t9-,10?;/m1./s1. The summed E-state index contributed by atoms with van der Waals surface area (Å²) < 4.78 is 6.37. The number of amides is 1. The topological polar surface area (TPSA) is 85.2 Å². The van der Waals surface area contributed by atoms with Gasteiger partial charge in [-0.15, -0.1) is 12.4 Å². The highest BCUT2D eigenvalue weighted by Crippen LogP contribution is 2.15. The molecule has 0 aliphatic carbocycles. The van der Waals surface area contributed by atoms with Crippen LogP contribution >= 0.6 is 12.4 Å². The molecule has 0 bridgehead atoms. The lowest BCUT2D eigenvalue weighted by Gasteiger charge is -2.22. The summed E-state index contributed by atoms with van der Waals surface area (Å²) in [4.78, 5) is 23.2. The van der Waals surface area contributed by atoms with Crippen LogP contribution in [0.4, 0.5) is 0 Å². The van der Waals surface area contributed by atoms with Gasteiger partial charge in [0.25, 0.3) is 5.91 Å². The number of aromatic nitrogens is 2. The lowest BCUT2D eigenvalue weighted by Crippen LogP contribution is -2.39. The first-order valence-electron chi connectivity index (χ1n) is 6.76. The van der Waals surface area contributed by atoms with Crippen molar-refractivity contribution >= 4 is 24.3 Å². The van der Waals surface area contributed by atoms with Gasteiger partial charge in [-0.2, -0.15) is 5.10 Å². The minimum atomic E-state index is -0.686. The predicted octanol–water partition coefficient (Wildman–Crippen LogP) is 0.521. The van der Waals surface area contributed by atoms with Crippen LogP contribution < -0.4 is 10.6 Å². The summed E-state index contributed by atoms with van der Waals surface area (Å²) in [5.74, 6) is -0.848. The van der Waals surface area contributed by atoms with E-state index in [-0.39, 0.29) is 24.4 Å². The van der Waals surface area contributed by atoms with Crippen molar-refractivity contribution in [2.45, 2.75) is 31.8 Å². The third-order valence-electron chi connectivity index (χ3n) is 3.39. The summed E-state index contributed by atoms with van der Waals surface area (Å²) in [5.41, 5.74) is 0.311. The SMILES string of the molecule is COC(=O)[C@@H](C)NC(=O)c1ccn(C2CCCNC2)n1.Cl. The number of hydrogen-bond acceptors (Lipinski definition) is 5. The second kappa shape index (κ2) is 7.99. The molecule has 1 saturated heterocycles. The molecule has 0 saturated carbocycles. The molecule has 2 rings (SSSR count). The molecule has 1 fully saturated rings. The highest BCUT2D eigenvalue weighted by Gasteiger charge is 2.20. The number of carbonyl (C=O) groups is 2. The van der Waals surface area contributed by atoms with Crippen LogP contribution in [0.5, 0.6) is 0 Å². The molecule has 8 heteroatoms. The maximum atomic E-state index is 12.0. The number of methoxy groups -OCH3 is 1. The molecule has 0 radical (unpaired) electrons. The number of nitrogens with one attached hydrogen (secondary N) is 2. The zero-order valence-electron chi connectivity index (χ0n) is 12.2. The average Bonchev–Trinajstić information content (AvgIpc) is 2.97. The molecule has 1 aromatic heterocycles. The monoisotopic (exact) mass is 316 g/mol. The van der Waals surface area contributed by atoms with E-state index in [2.05, 4.69) is 20.5 Å². The fraction of sp³-hybridized carbons (Fsp3) is 0.615. The third-order valence-corrected chi connectivity index (χ3v) is 3.39. The van der Waals surface area contributed by atoms with E-state index in [0.29, 0.717) is 5.69 Å². The summed E-state index contributed by atoms with van der Waals surface area (Å²) >= 11 is 0. The van der Waals surface area contributed by atoms with Gasteiger partial charge < -0.3 is 15.4 Å². The smallest absolute Gasteiger partial charge is 0.328 e. The van der Waals surface area contributed by atoms with E-state index in [1.165, 1.54) is 7.11 Å². The molecule has 1 unspecified atom stereocenters. The number of piperidine rings is 1. The van der Waals surface area contributed by atoms with E-state index in [9.17, 15) is 9.59 Å². The van der Waals surface area contributed by atoms with E-state index in [1.54, 1.807) is 19.2 Å². The van der Waals surface area contributed by atoms with Gasteiger partial charge in [0.2, 0.25) is 0 Å². The Balaban J connectivity index is 0.00000220. The predicted molar refractivity (Wildman–Crippen MR) is 79.6 cm³/mol. The molecule has 118 valence electrons. The van der Waals surface area contributed by atoms with Gasteiger partial charge in [-0.05, 0) is 32.4 Å². The summed E-state index contributed by atoms with van der Waals surface area (Å²) in [7, 11) is 1.29. The van der Waals surface area contributed by atoms with Crippen LogP contribution in [-0.4, -0.2) is 47.9 Å². The number of ether oxygens (including phenoxy) is 1. The molecule has 0 spiro atoms. The summed E-state index contributed by atoms with van der Waals surface area (Å²) in [6.45, 7) is 3.47. The van der Waals surface area contributed by atoms with E-state index in [4.69, 9.17) is 0 Å². The van der Waals surface area contributed by atoms with Crippen LogP contribution in [0.1, 0.15) is 36.3 Å². The molecular weight excluding hydrogens is 296 g/mol. The van der Waals surface area contributed by atoms with E-state index >= 15 is 0 Å². The van der Waals surface area contributed by atoms with E-state index in [0.717, 1.165) is 25.9 Å². The van der Waals surface area contributed by atoms with Crippen LogP contribution in [0.2, 0.25) is 0 Å². The van der Waals surface area contributed by atoms with Gasteiger partial charge >= 0.3 is 5.97 Å². The maximum Gasteiger partial charge on any atom is 0.328 e. The van der Waals surface area contributed by atoms with Crippen LogP contribution in [0.3, 0.4) is 0 Å². The van der Waals surface area contributed by atoms with Gasteiger partial charge in [-0.1, -0.05) is 0 Å². The maximum absolute atomic E-state index is 12.0. The van der Waals surface area contributed by atoms with Crippen molar-refractivity contribution in [2.24, 2.45) is 0 Å². The number of hydrogen-bond donors (Lipinski definition) is 2. The molecule has 2 heterocycles. The summed E-state index contributed by atoms with van der Waals surface area (Å²) in [5, 5.41) is 10.1. The molecule has 0 aromatic carbocycles. The van der Waals surface area contributed by atoms with E-state index in [1.807, 2.05) is 4.68 Å². The van der Waals surface area contributed by atoms with Gasteiger partial charge in [0, 0.05) is 12.7 Å². The Kier molecular flexibility index (Phi) is 6.64. The summed E-state index contributed by atoms with van der Waals surface area (Å²) in [6, 6.07) is 1.26. The summed E-state index contributed by atoms with van der Waals surface area (Å²) in [6.07, 6.45) is 3.95. The fourth-order valence-electron chi connectivity index (χ4n) is 2.23. The first-order valence-corrected chi connectivity index (χ1v) is 6.76. The van der Waals surface area contributed by atoms with Crippen molar-refractivity contribution in [3.63, 3.8) is 0 Å². The van der Waals surface area contributed by atoms with Gasteiger partial charge in [0.05, 0.1) is 13.2 Å². The fourth-order valence-corrected chi connectivity index (χ4v) is 2.23. The molecule has 2 atom stereocenters. The number of halogens is 1. The molecule has 2 N–H and O–H groups in total. The molecular formula is C13H21ClN4O3. The van der Waals surface area contributed by atoms with Crippen LogP contribution in [0, 0.1) is 0 Å². The lowest BCUT2D eigenvalue weighted by molar-refractivity contribution is -0.142. The molecule has 7 nitrogen and oxygen atoms in total. The molecule has 1 amide bonds. The van der Waals surface area contributed by atoms with E-state index < -0.39 is 12.0 Å². The highest BCUT2D eigenvalue weighted by molar-refractivity contribution is 5.94. The molecule has 1 aliphatic heterocycles. The highest BCUT2D eigenvalue weighted by atomic mass is 35.5. The molecule has 1 aromatic rings. The van der Waals surface area contributed by atoms with Crippen LogP contribution in [-0.2, 0) is 9.53 Å². The van der Waals surface area contributed by atoms with Crippen molar-refractivity contribution in [3.05, 3.63) is 18.0 Å². The number of nitrogens with zero attached hydrogens (tertiary/aromatic N) is 2. The normalized spacial score (nSPS) is 19.2. The molecule has 1 aliphatic rings. The zero-order valence-corrected chi connectivity index (χ0v) is 13.0. The Morgan fingerprint density at radius 3 is 2.95 bits per heavy atom. The Bertz CT molecular complexity index is 486. The minimum absolute atomic E-state index is 0. The second-order valence-corrected chi connectivity index (χ2v) is 4.90. The Morgan fingerprint density at radius 1 is 1.57 bits per heavy atom. The van der Waals surface area contributed by atoms with Gasteiger partial charge in [0.15, 0.2) is 0 Å². The Morgan fingerprint density at radius 2 is 2.33 bits per heavy atom. The van der Waals surface area contributed by atoms with Crippen LogP contribution in [0.25, 0.3) is 0 Å². The second-order valence-electron chi connectivity index (χ2n) is 4.90. The number of carbonyl (C=O) groups excluding carboxylic acids is 2. The van der Waals surface area contributed by atoms with Crippen molar-refractivity contribution in [3.8, 4) is 0 Å². The lowest BCUT2D eigenvalue weighted by atomic mass is 10.1. The van der Waals surface area contributed by atoms with Crippen molar-refractivity contribution in [1.29, 1.82) is 0 Å². The Hall–Kier alpha value is -1.60. The zero-order chi connectivity index (χ0) is 14.5. The minimum Gasteiger partial charge on any atom is -0.467 e. The molecule has 21 heavy (non-hydrogen) atoms. The van der Waals surface area contributed by atoms with Gasteiger partial charge in [-0.3, -0.25) is 9.48 Å². The van der Waals surface area contributed by atoms with Crippen molar-refractivity contribution in [1.82, 2.24) is 20.4 Å². The van der Waals surface area contributed by atoms with Crippen LogP contribution in [0.15, 0.2) is 12.3 Å². The van der Waals surface area contributed by atoms with Gasteiger partial charge in [-0.25, -0.2) is 4.79 Å². The Labute approximate surface area is 129 Å².